The molecule has 98 valence electrons. The topological polar surface area (TPSA) is 51.0 Å². The van der Waals surface area contributed by atoms with Crippen LogP contribution in [0, 0.1) is 0 Å². The zero-order valence-electron chi connectivity index (χ0n) is 10.9. The van der Waals surface area contributed by atoms with Crippen LogP contribution in [0.3, 0.4) is 0 Å². The lowest BCUT2D eigenvalue weighted by Crippen LogP contribution is -2.27. The number of fused-ring (bicyclic) bond motifs is 1. The van der Waals surface area contributed by atoms with E-state index in [9.17, 15) is 4.79 Å². The lowest BCUT2D eigenvalue weighted by Gasteiger charge is -2.14. The first-order chi connectivity index (χ1) is 9.25. The van der Waals surface area contributed by atoms with Crippen molar-refractivity contribution in [1.29, 1.82) is 0 Å². The zero-order chi connectivity index (χ0) is 13.2. The number of aromatic nitrogens is 3. The molecule has 0 saturated heterocycles. The Bertz CT molecular complexity index is 567. The Hall–Kier alpha value is -2.17. The Morgan fingerprint density at radius 1 is 1.37 bits per heavy atom. The van der Waals surface area contributed by atoms with E-state index in [2.05, 4.69) is 10.1 Å². The van der Waals surface area contributed by atoms with Gasteiger partial charge in [0.1, 0.15) is 5.82 Å². The Morgan fingerprint density at radius 3 is 3.00 bits per heavy atom. The van der Waals surface area contributed by atoms with Crippen LogP contribution in [0.5, 0.6) is 0 Å². The molecule has 0 aromatic carbocycles. The Balaban J connectivity index is 1.86. The van der Waals surface area contributed by atoms with E-state index in [4.69, 9.17) is 0 Å². The van der Waals surface area contributed by atoms with Crippen LogP contribution in [0.25, 0.3) is 0 Å². The van der Waals surface area contributed by atoms with Gasteiger partial charge in [-0.2, -0.15) is 5.10 Å². The van der Waals surface area contributed by atoms with Crippen LogP contribution in [-0.4, -0.2) is 27.7 Å². The number of hydrogen-bond donors (Lipinski definition) is 0. The van der Waals surface area contributed by atoms with Gasteiger partial charge in [-0.3, -0.25) is 14.4 Å². The first-order valence-corrected chi connectivity index (χ1v) is 6.51. The Kier molecular flexibility index (Phi) is 3.03. The lowest BCUT2D eigenvalue weighted by atomic mass is 10.1. The molecule has 0 spiro atoms. The van der Waals surface area contributed by atoms with Crippen molar-refractivity contribution in [2.24, 2.45) is 0 Å². The number of rotatable bonds is 2. The summed E-state index contributed by atoms with van der Waals surface area (Å²) in [6.07, 6.45) is 5.00. The highest BCUT2D eigenvalue weighted by Gasteiger charge is 2.20. The monoisotopic (exact) mass is 256 g/mol. The highest BCUT2D eigenvalue weighted by atomic mass is 16.2. The number of anilines is 1. The molecule has 19 heavy (non-hydrogen) atoms. The van der Waals surface area contributed by atoms with Crippen LogP contribution in [0.1, 0.15) is 29.0 Å². The third kappa shape index (κ3) is 2.23. The van der Waals surface area contributed by atoms with Gasteiger partial charge >= 0.3 is 0 Å². The summed E-state index contributed by atoms with van der Waals surface area (Å²) in [7, 11) is 1.73. The maximum Gasteiger partial charge on any atom is 0.279 e. The molecule has 3 heterocycles. The van der Waals surface area contributed by atoms with Gasteiger partial charge in [-0.1, -0.05) is 6.07 Å². The molecule has 0 N–H and O–H groups in total. The molecular weight excluding hydrogens is 240 g/mol. The van der Waals surface area contributed by atoms with Crippen molar-refractivity contribution in [3.63, 3.8) is 0 Å². The van der Waals surface area contributed by atoms with E-state index in [0.717, 1.165) is 25.1 Å². The molecule has 5 heteroatoms. The quantitative estimate of drug-likeness (QED) is 0.824. The fraction of sp³-hybridized carbons (Fsp3) is 0.357. The highest BCUT2D eigenvalue weighted by Crippen LogP contribution is 2.17. The summed E-state index contributed by atoms with van der Waals surface area (Å²) in [5.41, 5.74) is 1.66. The van der Waals surface area contributed by atoms with Gasteiger partial charge in [0.25, 0.3) is 5.91 Å². The predicted octanol–water partition coefficient (Wildman–Crippen LogP) is 1.89. The van der Waals surface area contributed by atoms with Crippen LogP contribution in [0.4, 0.5) is 5.82 Å². The molecule has 0 fully saturated rings. The summed E-state index contributed by atoms with van der Waals surface area (Å²) in [5.74, 6) is 0.527. The molecular formula is C14H16N4O. The second-order valence-corrected chi connectivity index (χ2v) is 4.75. The SMILES string of the molecule is CN(C(=O)c1cc2n(n1)CCCC2)c1ccccn1. The van der Waals surface area contributed by atoms with E-state index in [-0.39, 0.29) is 5.91 Å². The van der Waals surface area contributed by atoms with Crippen LogP contribution in [0.15, 0.2) is 30.5 Å². The van der Waals surface area contributed by atoms with Crippen molar-refractivity contribution in [3.05, 3.63) is 41.9 Å². The fourth-order valence-corrected chi connectivity index (χ4v) is 2.35. The third-order valence-corrected chi connectivity index (χ3v) is 3.43. The van der Waals surface area contributed by atoms with E-state index in [1.54, 1.807) is 13.2 Å². The van der Waals surface area contributed by atoms with Gasteiger partial charge in [0.15, 0.2) is 5.69 Å². The number of hydrogen-bond acceptors (Lipinski definition) is 3. The summed E-state index contributed by atoms with van der Waals surface area (Å²) in [5, 5.41) is 4.39. The second kappa shape index (κ2) is 4.84. The number of carbonyl (C=O) groups excluding carboxylic acids is 1. The molecule has 1 aliphatic rings. The van der Waals surface area contributed by atoms with Gasteiger partial charge in [0, 0.05) is 25.5 Å². The molecule has 0 unspecified atom stereocenters. The smallest absolute Gasteiger partial charge is 0.279 e. The first kappa shape index (κ1) is 11.9. The minimum absolute atomic E-state index is 0.111. The largest absolute Gasteiger partial charge is 0.294 e. The Morgan fingerprint density at radius 2 is 2.26 bits per heavy atom. The number of nitrogens with zero attached hydrogens (tertiary/aromatic N) is 4. The van der Waals surface area contributed by atoms with Crippen LogP contribution in [-0.2, 0) is 13.0 Å². The number of carbonyl (C=O) groups is 1. The van der Waals surface area contributed by atoms with Crippen LogP contribution >= 0.6 is 0 Å². The molecule has 0 atom stereocenters. The number of pyridine rings is 1. The Labute approximate surface area is 111 Å². The second-order valence-electron chi connectivity index (χ2n) is 4.75. The predicted molar refractivity (Wildman–Crippen MR) is 72.1 cm³/mol. The normalized spacial score (nSPS) is 13.9. The summed E-state index contributed by atoms with van der Waals surface area (Å²) in [6.45, 7) is 0.913. The number of amides is 1. The van der Waals surface area contributed by atoms with E-state index >= 15 is 0 Å². The van der Waals surface area contributed by atoms with Gasteiger partial charge in [-0.05, 0) is 37.5 Å². The lowest BCUT2D eigenvalue weighted by molar-refractivity contribution is 0.0986. The van der Waals surface area contributed by atoms with Gasteiger partial charge in [-0.15, -0.1) is 0 Å². The summed E-state index contributed by atoms with van der Waals surface area (Å²) >= 11 is 0. The minimum atomic E-state index is -0.111. The average molecular weight is 256 g/mol. The van der Waals surface area contributed by atoms with E-state index in [1.807, 2.05) is 28.9 Å². The zero-order valence-corrected chi connectivity index (χ0v) is 10.9. The van der Waals surface area contributed by atoms with Crippen LogP contribution < -0.4 is 4.90 Å². The number of aryl methyl sites for hydroxylation is 2. The average Bonchev–Trinajstić information content (AvgIpc) is 2.90. The molecule has 0 radical (unpaired) electrons. The first-order valence-electron chi connectivity index (χ1n) is 6.51. The van der Waals surface area contributed by atoms with Crippen molar-refractivity contribution < 1.29 is 4.79 Å². The van der Waals surface area contributed by atoms with Gasteiger partial charge in [0.2, 0.25) is 0 Å². The van der Waals surface area contributed by atoms with Crippen molar-refractivity contribution in [2.45, 2.75) is 25.8 Å². The van der Waals surface area contributed by atoms with Crippen molar-refractivity contribution >= 4 is 11.7 Å². The van der Waals surface area contributed by atoms with Crippen LogP contribution in [0.2, 0.25) is 0 Å². The molecule has 2 aromatic rings. The summed E-state index contributed by atoms with van der Waals surface area (Å²) in [4.78, 5) is 18.1. The van der Waals surface area contributed by atoms with Crippen molar-refractivity contribution in [3.8, 4) is 0 Å². The molecule has 5 nitrogen and oxygen atoms in total. The molecule has 0 saturated carbocycles. The van der Waals surface area contributed by atoms with E-state index < -0.39 is 0 Å². The molecule has 0 aliphatic carbocycles. The van der Waals surface area contributed by atoms with Gasteiger partial charge in [-0.25, -0.2) is 4.98 Å². The summed E-state index contributed by atoms with van der Waals surface area (Å²) in [6, 6.07) is 7.41. The van der Waals surface area contributed by atoms with Crippen molar-refractivity contribution in [1.82, 2.24) is 14.8 Å². The summed E-state index contributed by atoms with van der Waals surface area (Å²) < 4.78 is 1.95. The van der Waals surface area contributed by atoms with E-state index in [1.165, 1.54) is 11.3 Å². The van der Waals surface area contributed by atoms with Gasteiger partial charge < -0.3 is 0 Å². The molecule has 1 amide bonds. The molecule has 0 bridgehead atoms. The molecule has 1 aliphatic heterocycles. The molecule has 2 aromatic heterocycles. The minimum Gasteiger partial charge on any atom is -0.294 e. The van der Waals surface area contributed by atoms with E-state index in [0.29, 0.717) is 11.5 Å². The van der Waals surface area contributed by atoms with Gasteiger partial charge in [0.05, 0.1) is 0 Å². The maximum atomic E-state index is 12.4. The standard InChI is InChI=1S/C14H16N4O/c1-17(13-7-2-4-8-15-13)14(19)12-10-11-6-3-5-9-18(11)16-12/h2,4,7-8,10H,3,5-6,9H2,1H3. The third-order valence-electron chi connectivity index (χ3n) is 3.43. The maximum absolute atomic E-state index is 12.4. The molecule has 3 rings (SSSR count). The highest BCUT2D eigenvalue weighted by molar-refractivity contribution is 6.03. The fourth-order valence-electron chi connectivity index (χ4n) is 2.35. The van der Waals surface area contributed by atoms with Crippen molar-refractivity contribution in [2.75, 3.05) is 11.9 Å².